The number of nitrogens with zero attached hydrogens (tertiary/aromatic N) is 13. The molecule has 0 aliphatic carbocycles. The van der Waals surface area contributed by atoms with Crippen molar-refractivity contribution in [3.05, 3.63) is 257 Å². The summed E-state index contributed by atoms with van der Waals surface area (Å²) in [6.07, 6.45) is 6.93. The quantitative estimate of drug-likeness (QED) is 0.0619. The Labute approximate surface area is 556 Å². The minimum Gasteiger partial charge on any atom is -0.383 e. The molecule has 0 radical (unpaired) electrons. The molecule has 15 aromatic rings. The highest BCUT2D eigenvalue weighted by Gasteiger charge is 2.22. The number of aryl methyl sites for hydroxylation is 2. The molecule has 23 heteroatoms. The largest absolute Gasteiger partial charge is 0.383 e. The molecule has 21 nitrogen and oxygen atoms in total. The average molecular weight is 1340 g/mol. The number of rotatable bonds is 12. The number of fused-ring (bicyclic) bond motifs is 4. The summed E-state index contributed by atoms with van der Waals surface area (Å²) in [7, 11) is 0. The van der Waals surface area contributed by atoms with Crippen molar-refractivity contribution in [1.82, 2.24) is 63.5 Å². The van der Waals surface area contributed by atoms with Crippen molar-refractivity contribution in [2.75, 3.05) is 22.5 Å². The molecule has 11 N–H and O–H groups in total. The zero-order valence-corrected chi connectivity index (χ0v) is 53.3. The van der Waals surface area contributed by atoms with Crippen LogP contribution in [0.1, 0.15) is 32.9 Å². The number of nitrogen functional groups attached to an aromatic ring is 3. The van der Waals surface area contributed by atoms with Crippen LogP contribution in [-0.2, 0) is 17.8 Å². The maximum atomic E-state index is 12.8. The number of halogens is 2. The van der Waals surface area contributed by atoms with Gasteiger partial charge in [0.25, 0.3) is 0 Å². The van der Waals surface area contributed by atoms with Crippen LogP contribution in [-0.4, -0.2) is 75.4 Å². The molecule has 95 heavy (non-hydrogen) atoms. The Bertz CT molecular complexity index is 5410. The predicted octanol–water partition coefficient (Wildman–Crippen LogP) is 13.2. The summed E-state index contributed by atoms with van der Waals surface area (Å²) >= 11 is 9.57. The molecule has 0 fully saturated rings. The molecule has 15 rings (SSSR count). The molecule has 466 valence electrons. The van der Waals surface area contributed by atoms with E-state index in [0.717, 1.165) is 105 Å². The first-order valence-electron chi connectivity index (χ1n) is 29.8. The van der Waals surface area contributed by atoms with Gasteiger partial charge < -0.3 is 34.0 Å². The fraction of sp³-hybridized carbons (Fsp3) is 0.0556. The van der Waals surface area contributed by atoms with E-state index in [2.05, 4.69) is 51.2 Å². The van der Waals surface area contributed by atoms with Crippen molar-refractivity contribution < 1.29 is 9.59 Å². The number of imidazole rings is 3. The summed E-state index contributed by atoms with van der Waals surface area (Å²) in [6.45, 7) is 4.39. The number of pyridine rings is 7. The molecule has 10 heterocycles. The SMILES string of the molecule is Cc1ccc2cc(NC(=O)Cc3ccc(-n4c(-c5cccnc5N)nc5ccc(C)nc54)cc3)ccc2n1.NC(=O)c1ccccc1-c1ccc(-n2c(-c3cccnc3N)nc3cc(Br)cnc32)cc1.NCc1ccc(-n2c(-c3cccnc3N)nc3ccc(Cl)nc32)cc1. The highest BCUT2D eigenvalue weighted by Crippen LogP contribution is 2.36. The number of carbonyl (C=O) groups excluding carboxylic acids is 2. The Morgan fingerprint density at radius 2 is 0.979 bits per heavy atom. The molecule has 0 aliphatic heterocycles. The second-order valence-corrected chi connectivity index (χ2v) is 23.3. The number of benzene rings is 5. The van der Waals surface area contributed by atoms with Crippen LogP contribution in [0.25, 0.3) is 107 Å². The lowest BCUT2D eigenvalue weighted by Crippen LogP contribution is -2.14. The molecular formula is C72H57BrClN19O2. The van der Waals surface area contributed by atoms with Gasteiger partial charge >= 0.3 is 0 Å². The van der Waals surface area contributed by atoms with Gasteiger partial charge in [0.05, 0.1) is 28.6 Å². The highest BCUT2D eigenvalue weighted by molar-refractivity contribution is 9.10. The van der Waals surface area contributed by atoms with Gasteiger partial charge in [-0.05, 0) is 185 Å². The van der Waals surface area contributed by atoms with E-state index in [1.807, 2.05) is 203 Å². The second kappa shape index (κ2) is 26.6. The van der Waals surface area contributed by atoms with Crippen molar-refractivity contribution in [3.8, 4) is 62.4 Å². The summed E-state index contributed by atoms with van der Waals surface area (Å²) in [5.41, 5.74) is 46.3. The summed E-state index contributed by atoms with van der Waals surface area (Å²) in [5.74, 6) is 2.60. The first-order chi connectivity index (χ1) is 46.1. The van der Waals surface area contributed by atoms with Gasteiger partial charge in [-0.15, -0.1) is 0 Å². The number of aromatic nitrogens is 13. The summed E-state index contributed by atoms with van der Waals surface area (Å²) < 4.78 is 6.68. The summed E-state index contributed by atoms with van der Waals surface area (Å²) in [6, 6.07) is 61.0. The van der Waals surface area contributed by atoms with Gasteiger partial charge in [0.1, 0.15) is 39.2 Å². The minimum absolute atomic E-state index is 0.0913. The van der Waals surface area contributed by atoms with Crippen molar-refractivity contribution >= 4 is 107 Å². The maximum Gasteiger partial charge on any atom is 0.249 e. The van der Waals surface area contributed by atoms with E-state index in [-0.39, 0.29) is 12.3 Å². The molecule has 0 saturated heterocycles. The first-order valence-corrected chi connectivity index (χ1v) is 30.9. The number of anilines is 4. The van der Waals surface area contributed by atoms with E-state index in [1.165, 1.54) is 0 Å². The third-order valence-corrected chi connectivity index (χ3v) is 16.2. The Hall–Kier alpha value is -12.1. The molecule has 0 unspecified atom stereocenters. The zero-order valence-electron chi connectivity index (χ0n) is 51.0. The van der Waals surface area contributed by atoms with Crippen molar-refractivity contribution in [3.63, 3.8) is 0 Å². The zero-order chi connectivity index (χ0) is 65.9. The van der Waals surface area contributed by atoms with Crippen LogP contribution in [0.3, 0.4) is 0 Å². The molecule has 5 aromatic carbocycles. The van der Waals surface area contributed by atoms with Crippen LogP contribution in [0.4, 0.5) is 23.1 Å². The molecule has 10 aromatic heterocycles. The predicted molar refractivity (Wildman–Crippen MR) is 378 cm³/mol. The standard InChI is InChI=1S/C30H25N7O.C24H17BrN6O.C18H15ClN6/c1-18-5-9-21-17-22(10-14-25(21)33-18)35-27(38)16-20-7-11-23(12-8-20)37-29(24-4-3-15-32-28(24)31)36-26-13-6-19(2)34-30(26)37;25-15-12-20-24(29-13-15)31(23(30-20)19-6-3-11-28-21(19)26)16-9-7-14(8-10-16)17-4-1-2-5-18(17)22(27)32;19-15-8-7-14-18(24-15)25(12-5-3-11(10-20)4-6-12)17(23-14)13-2-1-9-22-16(13)21/h3-15,17H,16H2,1-2H3,(H2,31,32)(H,35,38);1-13H,(H2,26,28)(H2,27,32);1-9H,10,20H2,(H2,21,22). The monoisotopic (exact) mass is 1330 g/mol. The van der Waals surface area contributed by atoms with E-state index in [0.29, 0.717) is 69.0 Å². The third-order valence-electron chi connectivity index (χ3n) is 15.5. The normalized spacial score (nSPS) is 11.1. The van der Waals surface area contributed by atoms with Gasteiger partial charge in [-0.2, -0.15) is 0 Å². The number of carbonyl (C=O) groups is 2. The van der Waals surface area contributed by atoms with E-state index in [9.17, 15) is 9.59 Å². The average Bonchev–Trinajstić information content (AvgIpc) is 1.65. The van der Waals surface area contributed by atoms with Gasteiger partial charge in [-0.25, -0.2) is 44.9 Å². The van der Waals surface area contributed by atoms with Gasteiger partial charge in [0.15, 0.2) is 34.4 Å². The minimum atomic E-state index is -0.464. The summed E-state index contributed by atoms with van der Waals surface area (Å²) in [5, 5.41) is 4.38. The van der Waals surface area contributed by atoms with Gasteiger partial charge in [-0.3, -0.25) is 28.3 Å². The van der Waals surface area contributed by atoms with Crippen molar-refractivity contribution in [2.24, 2.45) is 11.5 Å². The number of primary amides is 1. The molecule has 0 atom stereocenters. The Balaban J connectivity index is 0.000000132. The summed E-state index contributed by atoms with van der Waals surface area (Å²) in [4.78, 5) is 69.8. The number of hydrogen-bond acceptors (Lipinski definition) is 16. The number of hydrogen-bond donors (Lipinski definition) is 6. The van der Waals surface area contributed by atoms with Gasteiger partial charge in [-0.1, -0.05) is 72.3 Å². The molecule has 0 spiro atoms. The lowest BCUT2D eigenvalue weighted by atomic mass is 9.99. The smallest absolute Gasteiger partial charge is 0.249 e. The number of nitrogens with one attached hydrogen (secondary N) is 1. The number of amides is 2. The molecule has 2 amide bonds. The topological polar surface area (TPSA) is 320 Å². The Morgan fingerprint density at radius 1 is 0.484 bits per heavy atom. The van der Waals surface area contributed by atoms with Crippen LogP contribution in [0, 0.1) is 13.8 Å². The highest BCUT2D eigenvalue weighted by atomic mass is 79.9. The third kappa shape index (κ3) is 13.0. The van der Waals surface area contributed by atoms with Crippen molar-refractivity contribution in [1.29, 1.82) is 0 Å². The second-order valence-electron chi connectivity index (χ2n) is 22.0. The van der Waals surface area contributed by atoms with Gasteiger partial charge in [0, 0.05) is 80.9 Å². The van der Waals surface area contributed by atoms with Crippen LogP contribution in [0.5, 0.6) is 0 Å². The molecule has 0 bridgehead atoms. The Kier molecular flexibility index (Phi) is 17.3. The van der Waals surface area contributed by atoms with Crippen LogP contribution in [0.2, 0.25) is 5.15 Å². The molecule has 0 aliphatic rings. The van der Waals surface area contributed by atoms with Crippen LogP contribution >= 0.6 is 27.5 Å². The van der Waals surface area contributed by atoms with Gasteiger partial charge in [0.2, 0.25) is 11.8 Å². The Morgan fingerprint density at radius 3 is 1.56 bits per heavy atom. The van der Waals surface area contributed by atoms with E-state index in [4.69, 9.17) is 60.2 Å². The lowest BCUT2D eigenvalue weighted by Gasteiger charge is -2.12. The maximum absolute atomic E-state index is 12.8. The first kappa shape index (κ1) is 61.7. The van der Waals surface area contributed by atoms with E-state index < -0.39 is 5.91 Å². The molecular weight excluding hydrogens is 1280 g/mol. The molecule has 0 saturated carbocycles. The van der Waals surface area contributed by atoms with E-state index in [1.54, 1.807) is 43.0 Å². The van der Waals surface area contributed by atoms with Crippen molar-refractivity contribution in [2.45, 2.75) is 26.8 Å². The fourth-order valence-corrected chi connectivity index (χ4v) is 11.5. The fourth-order valence-electron chi connectivity index (χ4n) is 11.0. The van der Waals surface area contributed by atoms with E-state index >= 15 is 0 Å². The van der Waals surface area contributed by atoms with Crippen LogP contribution < -0.4 is 34.0 Å². The van der Waals surface area contributed by atoms with Crippen LogP contribution in [0.15, 0.2) is 223 Å². The number of nitrogens with two attached hydrogens (primary N) is 5. The lowest BCUT2D eigenvalue weighted by molar-refractivity contribution is -0.115.